The lowest BCUT2D eigenvalue weighted by Crippen LogP contribution is -2.49. The molecule has 3 atom stereocenters. The molecular weight excluding hydrogens is 709 g/mol. The van der Waals surface area contributed by atoms with E-state index in [-0.39, 0.29) is 24.3 Å². The summed E-state index contributed by atoms with van der Waals surface area (Å²) in [6.45, 7) is 6.04. The molecule has 2 heterocycles. The van der Waals surface area contributed by atoms with Crippen LogP contribution in [-0.2, 0) is 19.1 Å². The molecule has 0 radical (unpaired) electrons. The van der Waals surface area contributed by atoms with Crippen LogP contribution in [0.1, 0.15) is 122 Å². The average Bonchev–Trinajstić information content (AvgIpc) is 3.07. The average molecular weight is 767 g/mol. The Bertz CT molecular complexity index is 1280. The number of hydrogen-bond acceptors (Lipinski definition) is 8. The third-order valence-electron chi connectivity index (χ3n) is 9.11. The van der Waals surface area contributed by atoms with Crippen molar-refractivity contribution in [3.63, 3.8) is 0 Å². The minimum absolute atomic E-state index is 0.0216. The molecule has 8 nitrogen and oxygen atoms in total. The number of hydrogen-bond donors (Lipinski definition) is 3. The molecule has 0 saturated carbocycles. The van der Waals surface area contributed by atoms with Crippen LogP contribution in [0.4, 0.5) is 4.39 Å². The fourth-order valence-electron chi connectivity index (χ4n) is 6.33. The number of carbonyl (C=O) groups excluding carboxylic acids is 1. The fourth-order valence-corrected chi connectivity index (χ4v) is 7.22. The van der Waals surface area contributed by atoms with E-state index in [4.69, 9.17) is 27.1 Å². The van der Waals surface area contributed by atoms with Gasteiger partial charge in [0, 0.05) is 35.7 Å². The summed E-state index contributed by atoms with van der Waals surface area (Å²) in [5.41, 5.74) is 1.64. The van der Waals surface area contributed by atoms with Crippen LogP contribution in [-0.4, -0.2) is 72.0 Å². The number of thiol groups is 1. The number of benzene rings is 1. The number of allylic oxidation sites excluding steroid dienone is 2. The van der Waals surface area contributed by atoms with E-state index in [1.807, 2.05) is 0 Å². The molecule has 1 unspecified atom stereocenters. The van der Waals surface area contributed by atoms with Gasteiger partial charge in [-0.15, -0.1) is 0 Å². The Labute approximate surface area is 306 Å². The van der Waals surface area contributed by atoms with Crippen LogP contribution in [0.5, 0.6) is 0 Å². The summed E-state index contributed by atoms with van der Waals surface area (Å²) in [5.74, 6) is -1.10. The van der Waals surface area contributed by atoms with Gasteiger partial charge in [-0.25, -0.2) is 9.18 Å². The molecule has 0 bridgehead atoms. The number of carboxylic acid groups (broad SMARTS) is 1. The van der Waals surface area contributed by atoms with Gasteiger partial charge < -0.3 is 19.9 Å². The summed E-state index contributed by atoms with van der Waals surface area (Å²) in [7, 11) is 0. The van der Waals surface area contributed by atoms with Gasteiger partial charge in [0.15, 0.2) is 0 Å². The zero-order chi connectivity index (χ0) is 35.4. The van der Waals surface area contributed by atoms with Crippen molar-refractivity contribution in [1.82, 2.24) is 10.2 Å². The molecule has 1 fully saturated rings. The van der Waals surface area contributed by atoms with Crippen molar-refractivity contribution in [3.8, 4) is 0 Å². The first-order valence-corrected chi connectivity index (χ1v) is 19.6. The Balaban J connectivity index is 1.68. The summed E-state index contributed by atoms with van der Waals surface area (Å²) in [6, 6.07) is 3.52. The maximum atomic E-state index is 14.2. The van der Waals surface area contributed by atoms with Gasteiger partial charge in [0.2, 0.25) is 0 Å². The molecule has 2 N–H and O–H groups in total. The number of rotatable bonds is 23. The Morgan fingerprint density at radius 1 is 1.12 bits per heavy atom. The molecule has 2 aliphatic rings. The number of nitrogens with zero attached hydrogens (tertiary/aromatic N) is 2. The Morgan fingerprint density at radius 2 is 1.82 bits per heavy atom. The van der Waals surface area contributed by atoms with Gasteiger partial charge in [-0.3, -0.25) is 14.7 Å². The van der Waals surface area contributed by atoms with Gasteiger partial charge in [-0.2, -0.15) is 12.6 Å². The molecule has 2 aliphatic heterocycles. The van der Waals surface area contributed by atoms with Crippen molar-refractivity contribution in [2.75, 3.05) is 32.9 Å². The molecule has 3 rings (SSSR count). The van der Waals surface area contributed by atoms with E-state index in [2.05, 4.69) is 45.2 Å². The number of carboxylic acids is 1. The van der Waals surface area contributed by atoms with Crippen molar-refractivity contribution >= 4 is 46.3 Å². The molecule has 11 heteroatoms. The lowest BCUT2D eigenvalue weighted by atomic mass is 9.94. The van der Waals surface area contributed by atoms with E-state index in [0.29, 0.717) is 59.9 Å². The van der Waals surface area contributed by atoms with Crippen molar-refractivity contribution in [2.45, 2.75) is 127 Å². The van der Waals surface area contributed by atoms with E-state index >= 15 is 0 Å². The number of aliphatic carboxylic acids is 1. The number of ether oxygens (including phenoxy) is 2. The normalized spacial score (nSPS) is 19.2. The summed E-state index contributed by atoms with van der Waals surface area (Å²) in [5, 5.41) is 12.6. The molecule has 1 saturated heterocycles. The van der Waals surface area contributed by atoms with Gasteiger partial charge in [-0.05, 0) is 63.1 Å². The van der Waals surface area contributed by atoms with Crippen LogP contribution in [0.3, 0.4) is 0 Å². The summed E-state index contributed by atoms with van der Waals surface area (Å²) < 4.78 is 25.9. The molecule has 1 aromatic rings. The van der Waals surface area contributed by atoms with Gasteiger partial charge in [0.05, 0.1) is 30.6 Å². The SMILES string of the molecule is CCCCCCCC/C=C\CCCCCC[C@@H](S)C1=N[C@H](c2ccc(F)cc2Br)C(C(=O)OCC)=C(CN2CCOCC2CCC(=O)O)N1. The quantitative estimate of drug-likeness (QED) is 0.0443. The Morgan fingerprint density at radius 3 is 2.49 bits per heavy atom. The summed E-state index contributed by atoms with van der Waals surface area (Å²) in [6.07, 6.45) is 20.6. The second-order valence-corrected chi connectivity index (χ2v) is 14.5. The molecule has 1 aromatic carbocycles. The maximum Gasteiger partial charge on any atom is 0.338 e. The standard InChI is InChI=1S/C38H57BrFN3O5S/c1-3-5-6-7-8-9-10-11-12-13-14-15-16-17-18-33(49)37-41-32(26-43-23-24-47-27-29(43)20-22-34(44)45)35(38(46)48-4-2)36(42-37)30-21-19-28(40)25-31(30)39/h11-12,19,21,25,29,33,36,49H,3-10,13-18,20,22-24,26-27H2,1-2H3,(H,41,42)(H,44,45)/b12-11-/t29?,33-,36-/m1/s1. The highest BCUT2D eigenvalue weighted by Crippen LogP contribution is 2.37. The lowest BCUT2D eigenvalue weighted by molar-refractivity contribution is -0.139. The van der Waals surface area contributed by atoms with Crippen LogP contribution >= 0.6 is 28.6 Å². The molecule has 0 amide bonds. The smallest absolute Gasteiger partial charge is 0.338 e. The number of aliphatic imine (C=N–C) groups is 1. The zero-order valence-electron chi connectivity index (χ0n) is 29.4. The molecule has 274 valence electrons. The van der Waals surface area contributed by atoms with Crippen molar-refractivity contribution in [2.24, 2.45) is 4.99 Å². The molecule has 49 heavy (non-hydrogen) atoms. The predicted molar refractivity (Wildman–Crippen MR) is 202 cm³/mol. The van der Waals surface area contributed by atoms with E-state index in [1.165, 1.54) is 63.5 Å². The highest BCUT2D eigenvalue weighted by atomic mass is 79.9. The first-order valence-electron chi connectivity index (χ1n) is 18.3. The maximum absolute atomic E-state index is 14.2. The number of unbranched alkanes of at least 4 members (excludes halogenated alkanes) is 10. The van der Waals surface area contributed by atoms with Gasteiger partial charge in [0.1, 0.15) is 17.7 Å². The van der Waals surface area contributed by atoms with Crippen LogP contribution in [0, 0.1) is 5.82 Å². The number of halogens is 2. The highest BCUT2D eigenvalue weighted by molar-refractivity contribution is 9.10. The Hall–Kier alpha value is -2.21. The zero-order valence-corrected chi connectivity index (χ0v) is 31.9. The van der Waals surface area contributed by atoms with Crippen molar-refractivity contribution in [1.29, 1.82) is 0 Å². The molecule has 0 spiro atoms. The van der Waals surface area contributed by atoms with Gasteiger partial charge in [-0.1, -0.05) is 92.4 Å². The monoisotopic (exact) mass is 765 g/mol. The van der Waals surface area contributed by atoms with Crippen LogP contribution in [0.25, 0.3) is 0 Å². The molecule has 0 aromatic heterocycles. The fraction of sp³-hybridized carbons (Fsp3) is 0.658. The van der Waals surface area contributed by atoms with Crippen LogP contribution in [0.15, 0.2) is 51.1 Å². The number of amidine groups is 1. The summed E-state index contributed by atoms with van der Waals surface area (Å²) >= 11 is 8.48. The number of carbonyl (C=O) groups is 2. The second-order valence-electron chi connectivity index (χ2n) is 13.0. The summed E-state index contributed by atoms with van der Waals surface area (Å²) in [4.78, 5) is 32.1. The van der Waals surface area contributed by atoms with Crippen LogP contribution in [0.2, 0.25) is 0 Å². The topological polar surface area (TPSA) is 100 Å². The Kier molecular flexibility index (Phi) is 19.6. The highest BCUT2D eigenvalue weighted by Gasteiger charge is 2.36. The van der Waals surface area contributed by atoms with E-state index in [9.17, 15) is 19.1 Å². The van der Waals surface area contributed by atoms with Gasteiger partial charge in [0.25, 0.3) is 0 Å². The third-order valence-corrected chi connectivity index (χ3v) is 10.3. The van der Waals surface area contributed by atoms with Crippen molar-refractivity contribution < 1.29 is 28.6 Å². The number of nitrogens with one attached hydrogen (secondary N) is 1. The number of morpholine rings is 1. The molecular formula is C38H57BrFN3O5S. The van der Waals surface area contributed by atoms with Crippen molar-refractivity contribution in [3.05, 3.63) is 57.5 Å². The largest absolute Gasteiger partial charge is 0.481 e. The van der Waals surface area contributed by atoms with Crippen LogP contribution < -0.4 is 5.32 Å². The second kappa shape index (κ2) is 23.3. The lowest BCUT2D eigenvalue weighted by Gasteiger charge is -2.38. The van der Waals surface area contributed by atoms with E-state index < -0.39 is 23.8 Å². The third kappa shape index (κ3) is 14.5. The van der Waals surface area contributed by atoms with Gasteiger partial charge >= 0.3 is 11.9 Å². The minimum atomic E-state index is -0.860. The first-order chi connectivity index (χ1) is 23.7. The van der Waals surface area contributed by atoms with E-state index in [0.717, 1.165) is 32.1 Å². The predicted octanol–water partition coefficient (Wildman–Crippen LogP) is 8.96. The molecule has 0 aliphatic carbocycles. The first kappa shape index (κ1) is 41.2. The minimum Gasteiger partial charge on any atom is -0.481 e. The van der Waals surface area contributed by atoms with E-state index in [1.54, 1.807) is 13.0 Å². The number of esters is 1.